The molecule has 0 saturated heterocycles. The van der Waals surface area contributed by atoms with Crippen molar-refractivity contribution in [3.8, 4) is 0 Å². The van der Waals surface area contributed by atoms with Crippen LogP contribution in [0, 0.1) is 0 Å². The number of nitrogens with zero attached hydrogens (tertiary/aromatic N) is 1. The van der Waals surface area contributed by atoms with E-state index in [0.29, 0.717) is 6.42 Å². The number of hydrogen-bond acceptors (Lipinski definition) is 3. The highest BCUT2D eigenvalue weighted by atomic mass is 16.4. The molecule has 0 fully saturated rings. The van der Waals surface area contributed by atoms with Gasteiger partial charge in [0, 0.05) is 0 Å². The fraction of sp³-hybridized carbons (Fsp3) is 0.600. The molecule has 0 bridgehead atoms. The molecule has 0 spiro atoms. The number of carbonyl (C=O) groups excluding carboxylic acids is 1. The van der Waals surface area contributed by atoms with E-state index < -0.39 is 12.1 Å². The Morgan fingerprint density at radius 3 is 2.55 bits per heavy atom. The van der Waals surface area contributed by atoms with E-state index in [1.54, 1.807) is 6.92 Å². The van der Waals surface area contributed by atoms with Gasteiger partial charge in [-0.05, 0) is 6.42 Å². The van der Waals surface area contributed by atoms with Crippen molar-refractivity contribution >= 4 is 11.9 Å². The van der Waals surface area contributed by atoms with Gasteiger partial charge in [-0.2, -0.15) is 0 Å². The number of urea groups is 1. The lowest BCUT2D eigenvalue weighted by molar-refractivity contribution is 0.247. The van der Waals surface area contributed by atoms with E-state index in [4.69, 9.17) is 16.7 Å². The summed E-state index contributed by atoms with van der Waals surface area (Å²) in [6.45, 7) is 1.78. The van der Waals surface area contributed by atoms with Crippen molar-refractivity contribution < 1.29 is 10.0 Å². The van der Waals surface area contributed by atoms with Gasteiger partial charge >= 0.3 is 6.03 Å². The number of primary amides is 1. The lowest BCUT2D eigenvalue weighted by atomic mass is 10.2. The maximum absolute atomic E-state index is 10.3. The number of amidine groups is 1. The highest BCUT2D eigenvalue weighted by molar-refractivity contribution is 5.88. The van der Waals surface area contributed by atoms with Gasteiger partial charge in [0.2, 0.25) is 0 Å². The average molecular weight is 160 g/mol. The maximum atomic E-state index is 10.3. The number of nitrogens with two attached hydrogens (primary N) is 2. The second-order valence-corrected chi connectivity index (χ2v) is 1.99. The lowest BCUT2D eigenvalue weighted by Gasteiger charge is -2.12. The molecule has 0 aliphatic rings. The molecule has 6 heteroatoms. The van der Waals surface area contributed by atoms with Gasteiger partial charge in [-0.25, -0.2) is 4.79 Å². The van der Waals surface area contributed by atoms with Gasteiger partial charge in [0.15, 0.2) is 5.84 Å². The van der Waals surface area contributed by atoms with Crippen molar-refractivity contribution in [1.29, 1.82) is 0 Å². The zero-order valence-corrected chi connectivity index (χ0v) is 6.24. The van der Waals surface area contributed by atoms with Crippen molar-refractivity contribution in [3.05, 3.63) is 0 Å². The Bertz CT molecular complexity index is 168. The molecule has 0 aliphatic carbocycles. The van der Waals surface area contributed by atoms with Gasteiger partial charge < -0.3 is 22.0 Å². The maximum Gasteiger partial charge on any atom is 0.312 e. The minimum absolute atomic E-state index is 0.0497. The first-order valence-electron chi connectivity index (χ1n) is 3.15. The largest absolute Gasteiger partial charge is 0.409 e. The standard InChI is InChI=1S/C5H12N4O2/c1-2-3(4(6)9-11)8-5(7)10/h3,11H,2H2,1H3,(H2,6,9)(H3,7,8,10). The summed E-state index contributed by atoms with van der Waals surface area (Å²) in [7, 11) is 0. The monoisotopic (exact) mass is 160 g/mol. The highest BCUT2D eigenvalue weighted by Gasteiger charge is 2.11. The molecule has 0 aliphatic heterocycles. The van der Waals surface area contributed by atoms with Crippen LogP contribution >= 0.6 is 0 Å². The first kappa shape index (κ1) is 9.54. The zero-order valence-electron chi connectivity index (χ0n) is 6.24. The van der Waals surface area contributed by atoms with Crippen LogP contribution in [0.5, 0.6) is 0 Å². The summed E-state index contributed by atoms with van der Waals surface area (Å²) in [5, 5.41) is 13.3. The Labute approximate surface area is 64.2 Å². The third-order valence-electron chi connectivity index (χ3n) is 1.20. The molecule has 0 radical (unpaired) electrons. The Balaban J connectivity index is 4.06. The second-order valence-electron chi connectivity index (χ2n) is 1.99. The van der Waals surface area contributed by atoms with E-state index in [2.05, 4.69) is 10.5 Å². The number of oxime groups is 1. The van der Waals surface area contributed by atoms with Gasteiger partial charge in [0.1, 0.15) is 0 Å². The molecule has 2 amide bonds. The summed E-state index contributed by atoms with van der Waals surface area (Å²) in [6.07, 6.45) is 0.527. The van der Waals surface area contributed by atoms with Crippen LogP contribution in [0.1, 0.15) is 13.3 Å². The summed E-state index contributed by atoms with van der Waals surface area (Å²) in [5.74, 6) is -0.0497. The summed E-state index contributed by atoms with van der Waals surface area (Å²) in [5.41, 5.74) is 10.0. The SMILES string of the molecule is CCC(NC(N)=O)/C(N)=N/O. The molecule has 64 valence electrons. The van der Waals surface area contributed by atoms with Crippen LogP contribution in [-0.2, 0) is 0 Å². The van der Waals surface area contributed by atoms with E-state index in [0.717, 1.165) is 0 Å². The Morgan fingerprint density at radius 1 is 1.73 bits per heavy atom. The zero-order chi connectivity index (χ0) is 8.85. The molecule has 1 unspecified atom stereocenters. The molecule has 0 aromatic heterocycles. The molecule has 6 nitrogen and oxygen atoms in total. The molecule has 0 heterocycles. The minimum Gasteiger partial charge on any atom is -0.409 e. The molecule has 0 rings (SSSR count). The first-order chi connectivity index (χ1) is 5.11. The van der Waals surface area contributed by atoms with E-state index in [9.17, 15) is 4.79 Å². The molecule has 0 saturated carbocycles. The van der Waals surface area contributed by atoms with Crippen LogP contribution in [0.15, 0.2) is 5.16 Å². The third kappa shape index (κ3) is 3.29. The van der Waals surface area contributed by atoms with Crippen molar-refractivity contribution in [1.82, 2.24) is 5.32 Å². The number of rotatable bonds is 3. The van der Waals surface area contributed by atoms with Crippen LogP contribution in [0.25, 0.3) is 0 Å². The van der Waals surface area contributed by atoms with E-state index in [1.807, 2.05) is 0 Å². The Hall–Kier alpha value is -1.46. The van der Waals surface area contributed by atoms with Crippen LogP contribution < -0.4 is 16.8 Å². The summed E-state index contributed by atoms with van der Waals surface area (Å²) in [4.78, 5) is 10.3. The van der Waals surface area contributed by atoms with Crippen LogP contribution in [-0.4, -0.2) is 23.1 Å². The van der Waals surface area contributed by atoms with Crippen LogP contribution in [0.2, 0.25) is 0 Å². The first-order valence-corrected chi connectivity index (χ1v) is 3.15. The molecular weight excluding hydrogens is 148 g/mol. The Kier molecular flexibility index (Phi) is 3.79. The average Bonchev–Trinajstić information content (AvgIpc) is 1.98. The number of carbonyl (C=O) groups is 1. The van der Waals surface area contributed by atoms with Gasteiger partial charge in [0.25, 0.3) is 0 Å². The summed E-state index contributed by atoms with van der Waals surface area (Å²) in [6, 6.07) is -1.18. The van der Waals surface area contributed by atoms with E-state index in [1.165, 1.54) is 0 Å². The molecule has 0 aromatic carbocycles. The number of amides is 2. The quantitative estimate of drug-likeness (QED) is 0.187. The fourth-order valence-electron chi connectivity index (χ4n) is 0.627. The molecule has 0 aromatic rings. The molecule has 11 heavy (non-hydrogen) atoms. The molecule has 1 atom stereocenters. The molecule has 6 N–H and O–H groups in total. The van der Waals surface area contributed by atoms with Gasteiger partial charge in [-0.15, -0.1) is 0 Å². The van der Waals surface area contributed by atoms with Crippen molar-refractivity contribution in [3.63, 3.8) is 0 Å². The van der Waals surface area contributed by atoms with Gasteiger partial charge in [-0.3, -0.25) is 0 Å². The predicted molar refractivity (Wildman–Crippen MR) is 40.2 cm³/mol. The number of nitrogens with one attached hydrogen (secondary N) is 1. The third-order valence-corrected chi connectivity index (χ3v) is 1.20. The van der Waals surface area contributed by atoms with Crippen molar-refractivity contribution in [2.24, 2.45) is 16.6 Å². The van der Waals surface area contributed by atoms with Crippen LogP contribution in [0.4, 0.5) is 4.79 Å². The van der Waals surface area contributed by atoms with Crippen LogP contribution in [0.3, 0.4) is 0 Å². The molecular formula is C5H12N4O2. The van der Waals surface area contributed by atoms with E-state index in [-0.39, 0.29) is 5.84 Å². The second kappa shape index (κ2) is 4.37. The van der Waals surface area contributed by atoms with Gasteiger partial charge in [0.05, 0.1) is 6.04 Å². The highest BCUT2D eigenvalue weighted by Crippen LogP contribution is 1.89. The van der Waals surface area contributed by atoms with Gasteiger partial charge in [-0.1, -0.05) is 12.1 Å². The predicted octanol–water partition coefficient (Wildman–Crippen LogP) is -0.820. The smallest absolute Gasteiger partial charge is 0.312 e. The number of hydrogen-bond donors (Lipinski definition) is 4. The van der Waals surface area contributed by atoms with E-state index >= 15 is 0 Å². The normalized spacial score (nSPS) is 14.1. The van der Waals surface area contributed by atoms with Crippen molar-refractivity contribution in [2.75, 3.05) is 0 Å². The summed E-state index contributed by atoms with van der Waals surface area (Å²) >= 11 is 0. The summed E-state index contributed by atoms with van der Waals surface area (Å²) < 4.78 is 0. The lowest BCUT2D eigenvalue weighted by Crippen LogP contribution is -2.46. The minimum atomic E-state index is -0.691. The Morgan fingerprint density at radius 2 is 2.27 bits per heavy atom. The topological polar surface area (TPSA) is 114 Å². The fourth-order valence-corrected chi connectivity index (χ4v) is 0.627. The van der Waals surface area contributed by atoms with Crippen molar-refractivity contribution in [2.45, 2.75) is 19.4 Å².